The molecule has 0 spiro atoms. The molecule has 0 saturated heterocycles. The topological polar surface area (TPSA) is 27.0 Å². The maximum atomic E-state index is 9.40. The number of hydrogen-bond acceptors (Lipinski definition) is 2. The molecule has 0 aromatic heterocycles. The molecule has 0 saturated carbocycles. The standard InChI is InChI=1S/C15H22N2/c1-4-17(5-2)15(3,13-16)12-11-14-9-7-6-8-10-14/h6-10H,4-5,11-12H2,1-3H3. The quantitative estimate of drug-likeness (QED) is 0.750. The van der Waals surface area contributed by atoms with Crippen LogP contribution in [-0.2, 0) is 6.42 Å². The maximum absolute atomic E-state index is 9.40. The van der Waals surface area contributed by atoms with E-state index >= 15 is 0 Å². The molecule has 0 fully saturated rings. The number of aryl methyl sites for hydroxylation is 1. The highest BCUT2D eigenvalue weighted by molar-refractivity contribution is 5.16. The van der Waals surface area contributed by atoms with Crippen molar-refractivity contribution in [1.29, 1.82) is 5.26 Å². The van der Waals surface area contributed by atoms with Crippen molar-refractivity contribution in [3.8, 4) is 6.07 Å². The van der Waals surface area contributed by atoms with Gasteiger partial charge >= 0.3 is 0 Å². The van der Waals surface area contributed by atoms with E-state index in [4.69, 9.17) is 0 Å². The van der Waals surface area contributed by atoms with E-state index in [-0.39, 0.29) is 5.54 Å². The molecule has 0 N–H and O–H groups in total. The Hall–Kier alpha value is -1.33. The largest absolute Gasteiger partial charge is 0.286 e. The first kappa shape index (κ1) is 13.7. The van der Waals surface area contributed by atoms with E-state index in [1.165, 1.54) is 5.56 Å². The molecule has 1 aromatic carbocycles. The number of nitriles is 1. The first-order valence-electron chi connectivity index (χ1n) is 6.36. The van der Waals surface area contributed by atoms with Crippen LogP contribution in [-0.4, -0.2) is 23.5 Å². The summed E-state index contributed by atoms with van der Waals surface area (Å²) in [5, 5.41) is 9.40. The molecule has 2 nitrogen and oxygen atoms in total. The SMILES string of the molecule is CCN(CC)C(C)(C#N)CCc1ccccc1. The first-order chi connectivity index (χ1) is 8.16. The van der Waals surface area contributed by atoms with Gasteiger partial charge < -0.3 is 0 Å². The summed E-state index contributed by atoms with van der Waals surface area (Å²) in [5.74, 6) is 0. The smallest absolute Gasteiger partial charge is 0.106 e. The second kappa shape index (κ2) is 6.42. The van der Waals surface area contributed by atoms with E-state index in [2.05, 4.69) is 49.1 Å². The van der Waals surface area contributed by atoms with E-state index in [0.29, 0.717) is 0 Å². The fraction of sp³-hybridized carbons (Fsp3) is 0.533. The van der Waals surface area contributed by atoms with Gasteiger partial charge in [-0.15, -0.1) is 0 Å². The minimum atomic E-state index is -0.348. The van der Waals surface area contributed by atoms with Crippen LogP contribution in [0.4, 0.5) is 0 Å². The summed E-state index contributed by atoms with van der Waals surface area (Å²) in [6.45, 7) is 8.12. The molecule has 17 heavy (non-hydrogen) atoms. The van der Waals surface area contributed by atoms with Crippen molar-refractivity contribution in [3.05, 3.63) is 35.9 Å². The van der Waals surface area contributed by atoms with Crippen LogP contribution in [0.2, 0.25) is 0 Å². The van der Waals surface area contributed by atoms with Gasteiger partial charge in [-0.2, -0.15) is 5.26 Å². The van der Waals surface area contributed by atoms with Crippen LogP contribution in [0.3, 0.4) is 0 Å². The van der Waals surface area contributed by atoms with Crippen molar-refractivity contribution < 1.29 is 0 Å². The summed E-state index contributed by atoms with van der Waals surface area (Å²) in [4.78, 5) is 2.23. The predicted octanol–water partition coefficient (Wildman–Crippen LogP) is 3.24. The van der Waals surface area contributed by atoms with Crippen molar-refractivity contribution in [1.82, 2.24) is 4.90 Å². The van der Waals surface area contributed by atoms with Gasteiger partial charge in [-0.05, 0) is 38.4 Å². The van der Waals surface area contributed by atoms with Gasteiger partial charge in [0.1, 0.15) is 5.54 Å². The van der Waals surface area contributed by atoms with Gasteiger partial charge in [0, 0.05) is 0 Å². The lowest BCUT2D eigenvalue weighted by Crippen LogP contribution is -2.45. The van der Waals surface area contributed by atoms with Gasteiger partial charge in [-0.25, -0.2) is 0 Å². The maximum Gasteiger partial charge on any atom is 0.106 e. The van der Waals surface area contributed by atoms with Crippen molar-refractivity contribution >= 4 is 0 Å². The van der Waals surface area contributed by atoms with Crippen molar-refractivity contribution in [2.24, 2.45) is 0 Å². The Morgan fingerprint density at radius 1 is 1.18 bits per heavy atom. The van der Waals surface area contributed by atoms with Gasteiger partial charge in [0.2, 0.25) is 0 Å². The Kier molecular flexibility index (Phi) is 5.18. The van der Waals surface area contributed by atoms with Crippen LogP contribution in [0.15, 0.2) is 30.3 Å². The molecule has 1 aromatic rings. The van der Waals surface area contributed by atoms with Crippen LogP contribution in [0.5, 0.6) is 0 Å². The fourth-order valence-electron chi connectivity index (χ4n) is 2.24. The lowest BCUT2D eigenvalue weighted by molar-refractivity contribution is 0.160. The molecule has 1 rings (SSSR count). The van der Waals surface area contributed by atoms with E-state index in [9.17, 15) is 5.26 Å². The molecule has 0 radical (unpaired) electrons. The van der Waals surface area contributed by atoms with E-state index in [1.807, 2.05) is 13.0 Å². The minimum absolute atomic E-state index is 0.348. The summed E-state index contributed by atoms with van der Waals surface area (Å²) in [7, 11) is 0. The zero-order chi connectivity index (χ0) is 12.7. The molecule has 0 heterocycles. The third-order valence-electron chi connectivity index (χ3n) is 3.45. The zero-order valence-corrected chi connectivity index (χ0v) is 11.1. The molecule has 0 bridgehead atoms. The average molecular weight is 230 g/mol. The number of nitrogens with zero attached hydrogens (tertiary/aromatic N) is 2. The Morgan fingerprint density at radius 3 is 2.24 bits per heavy atom. The summed E-state index contributed by atoms with van der Waals surface area (Å²) >= 11 is 0. The number of hydrogen-bond donors (Lipinski definition) is 0. The normalized spacial score (nSPS) is 14.3. The lowest BCUT2D eigenvalue weighted by atomic mass is 9.92. The molecule has 0 aliphatic carbocycles. The Bertz CT molecular complexity index is 362. The summed E-state index contributed by atoms with van der Waals surface area (Å²) in [6, 6.07) is 12.9. The molecule has 0 aliphatic heterocycles. The van der Waals surface area contributed by atoms with Gasteiger partial charge in [0.25, 0.3) is 0 Å². The highest BCUT2D eigenvalue weighted by Crippen LogP contribution is 2.20. The van der Waals surface area contributed by atoms with E-state index in [1.54, 1.807) is 0 Å². The van der Waals surface area contributed by atoms with Crippen LogP contribution < -0.4 is 0 Å². The molecule has 1 unspecified atom stereocenters. The molecule has 2 heteroatoms. The highest BCUT2D eigenvalue weighted by atomic mass is 15.2. The van der Waals surface area contributed by atoms with Crippen molar-refractivity contribution in [3.63, 3.8) is 0 Å². The first-order valence-corrected chi connectivity index (χ1v) is 6.36. The second-order valence-electron chi connectivity index (χ2n) is 4.54. The van der Waals surface area contributed by atoms with Gasteiger partial charge in [0.05, 0.1) is 6.07 Å². The van der Waals surface area contributed by atoms with Gasteiger partial charge in [-0.3, -0.25) is 4.90 Å². The third kappa shape index (κ3) is 3.57. The lowest BCUT2D eigenvalue weighted by Gasteiger charge is -2.34. The Balaban J connectivity index is 2.67. The van der Waals surface area contributed by atoms with Crippen molar-refractivity contribution in [2.45, 2.75) is 39.2 Å². The van der Waals surface area contributed by atoms with Crippen LogP contribution in [0, 0.1) is 11.3 Å². The molecule has 0 aliphatic rings. The number of rotatable bonds is 6. The molecular weight excluding hydrogens is 208 g/mol. The summed E-state index contributed by atoms with van der Waals surface area (Å²) in [6.07, 6.45) is 1.84. The summed E-state index contributed by atoms with van der Waals surface area (Å²) in [5.41, 5.74) is 0.959. The monoisotopic (exact) mass is 230 g/mol. The van der Waals surface area contributed by atoms with Crippen LogP contribution in [0.1, 0.15) is 32.8 Å². The Morgan fingerprint density at radius 2 is 1.76 bits per heavy atom. The Labute approximate surface area is 105 Å². The van der Waals surface area contributed by atoms with E-state index < -0.39 is 0 Å². The third-order valence-corrected chi connectivity index (χ3v) is 3.45. The van der Waals surface area contributed by atoms with E-state index in [0.717, 1.165) is 25.9 Å². The average Bonchev–Trinajstić information content (AvgIpc) is 2.39. The minimum Gasteiger partial charge on any atom is -0.286 e. The number of benzene rings is 1. The van der Waals surface area contributed by atoms with Crippen LogP contribution in [0.25, 0.3) is 0 Å². The molecule has 0 amide bonds. The zero-order valence-electron chi connectivity index (χ0n) is 11.1. The highest BCUT2D eigenvalue weighted by Gasteiger charge is 2.29. The summed E-state index contributed by atoms with van der Waals surface area (Å²) < 4.78 is 0. The molecule has 92 valence electrons. The van der Waals surface area contributed by atoms with Crippen molar-refractivity contribution in [2.75, 3.05) is 13.1 Å². The second-order valence-corrected chi connectivity index (χ2v) is 4.54. The van der Waals surface area contributed by atoms with Gasteiger partial charge in [-0.1, -0.05) is 44.2 Å². The molecular formula is C15H22N2. The predicted molar refractivity (Wildman–Crippen MR) is 71.7 cm³/mol. The van der Waals surface area contributed by atoms with Gasteiger partial charge in [0.15, 0.2) is 0 Å². The van der Waals surface area contributed by atoms with Crippen LogP contribution >= 0.6 is 0 Å². The molecule has 1 atom stereocenters. The fourth-order valence-corrected chi connectivity index (χ4v) is 2.24.